The summed E-state index contributed by atoms with van der Waals surface area (Å²) in [4.78, 5) is 41.2. The molecule has 0 spiro atoms. The average Bonchev–Trinajstić information content (AvgIpc) is 3.05. The maximum absolute atomic E-state index is 12.9. The molecular formula is C24H24N2O4S. The maximum Gasteiger partial charge on any atom is 0.294 e. The Balaban J connectivity index is 1.46. The Labute approximate surface area is 185 Å². The van der Waals surface area contributed by atoms with Crippen molar-refractivity contribution in [2.24, 2.45) is 0 Å². The molecule has 0 bridgehead atoms. The number of para-hydroxylation sites is 1. The van der Waals surface area contributed by atoms with Gasteiger partial charge >= 0.3 is 0 Å². The number of rotatable bonds is 6. The highest BCUT2D eigenvalue weighted by atomic mass is 32.2. The third kappa shape index (κ3) is 4.66. The summed E-state index contributed by atoms with van der Waals surface area (Å²) in [6.45, 7) is 3.44. The van der Waals surface area contributed by atoms with Crippen LogP contribution >= 0.6 is 11.8 Å². The monoisotopic (exact) mass is 436 g/mol. The second-order valence-electron chi connectivity index (χ2n) is 7.49. The van der Waals surface area contributed by atoms with Crippen molar-refractivity contribution in [2.75, 3.05) is 19.7 Å². The predicted octanol–water partition coefficient (Wildman–Crippen LogP) is 4.10. The van der Waals surface area contributed by atoms with Gasteiger partial charge in [-0.15, -0.1) is 0 Å². The lowest BCUT2D eigenvalue weighted by molar-refractivity contribution is -0.136. The van der Waals surface area contributed by atoms with Gasteiger partial charge in [0.1, 0.15) is 12.3 Å². The summed E-state index contributed by atoms with van der Waals surface area (Å²) in [5.74, 6) is 0.00925. The Morgan fingerprint density at radius 1 is 1.10 bits per heavy atom. The summed E-state index contributed by atoms with van der Waals surface area (Å²) < 4.78 is 5.73. The molecule has 160 valence electrons. The van der Waals surface area contributed by atoms with Gasteiger partial charge in [0, 0.05) is 18.7 Å². The van der Waals surface area contributed by atoms with Crippen LogP contribution in [0.4, 0.5) is 4.79 Å². The van der Waals surface area contributed by atoms with Crippen molar-refractivity contribution in [1.29, 1.82) is 0 Å². The van der Waals surface area contributed by atoms with Crippen molar-refractivity contribution in [1.82, 2.24) is 9.80 Å². The Morgan fingerprint density at radius 2 is 1.84 bits per heavy atom. The van der Waals surface area contributed by atoms with Crippen LogP contribution in [0.1, 0.15) is 30.0 Å². The first-order valence-electron chi connectivity index (χ1n) is 10.4. The Bertz CT molecular complexity index is 1050. The summed E-state index contributed by atoms with van der Waals surface area (Å²) in [6, 6.07) is 15.4. The number of ether oxygens (including phenoxy) is 1. The van der Waals surface area contributed by atoms with E-state index < -0.39 is 11.1 Å². The van der Waals surface area contributed by atoms with Crippen LogP contribution in [0.25, 0.3) is 6.08 Å². The molecule has 0 radical (unpaired) electrons. The summed E-state index contributed by atoms with van der Waals surface area (Å²) in [5.41, 5.74) is 3.09. The first-order chi connectivity index (χ1) is 15.1. The normalized spacial score (nSPS) is 17.3. The molecule has 6 nitrogen and oxygen atoms in total. The van der Waals surface area contributed by atoms with Crippen molar-refractivity contribution in [3.05, 3.63) is 70.1 Å². The molecule has 4 rings (SSSR count). The number of imide groups is 1. The standard InChI is InChI=1S/C24H24N2O4S/c1-2-13-30-20-10-6-5-8-18(20)14-21-23(28)26(24(29)31-21)16-22(27)25-12-11-17-7-3-4-9-19(17)15-25/h3-10,14H,2,11-13,15-16H2,1H3/b21-14+. The molecule has 0 atom stereocenters. The number of hydrogen-bond acceptors (Lipinski definition) is 5. The third-order valence-electron chi connectivity index (χ3n) is 5.32. The van der Waals surface area contributed by atoms with Crippen LogP contribution in [0.2, 0.25) is 0 Å². The van der Waals surface area contributed by atoms with Gasteiger partial charge in [-0.1, -0.05) is 49.4 Å². The number of thioether (sulfide) groups is 1. The summed E-state index contributed by atoms with van der Waals surface area (Å²) in [6.07, 6.45) is 3.31. The molecule has 1 saturated heterocycles. The number of nitrogens with zero attached hydrogens (tertiary/aromatic N) is 2. The van der Waals surface area contributed by atoms with Crippen LogP contribution in [-0.2, 0) is 22.6 Å². The first-order valence-corrected chi connectivity index (χ1v) is 11.2. The van der Waals surface area contributed by atoms with E-state index in [4.69, 9.17) is 4.74 Å². The molecule has 2 aliphatic rings. The minimum Gasteiger partial charge on any atom is -0.493 e. The highest BCUT2D eigenvalue weighted by molar-refractivity contribution is 8.18. The zero-order valence-corrected chi connectivity index (χ0v) is 18.2. The molecule has 2 aliphatic heterocycles. The minimum atomic E-state index is -0.439. The minimum absolute atomic E-state index is 0.218. The molecule has 31 heavy (non-hydrogen) atoms. The fourth-order valence-electron chi connectivity index (χ4n) is 3.66. The Hall–Kier alpha value is -3.06. The van der Waals surface area contributed by atoms with Crippen molar-refractivity contribution in [2.45, 2.75) is 26.3 Å². The van der Waals surface area contributed by atoms with Crippen LogP contribution in [0.15, 0.2) is 53.4 Å². The van der Waals surface area contributed by atoms with E-state index in [2.05, 4.69) is 6.07 Å². The zero-order chi connectivity index (χ0) is 21.8. The molecule has 1 fully saturated rings. The molecule has 2 aromatic carbocycles. The number of hydrogen-bond donors (Lipinski definition) is 0. The molecule has 0 aromatic heterocycles. The quantitative estimate of drug-likeness (QED) is 0.638. The van der Waals surface area contributed by atoms with Crippen LogP contribution in [0, 0.1) is 0 Å². The van der Waals surface area contributed by atoms with Crippen LogP contribution in [0.3, 0.4) is 0 Å². The molecular weight excluding hydrogens is 412 g/mol. The van der Waals surface area contributed by atoms with Crippen LogP contribution in [-0.4, -0.2) is 46.5 Å². The van der Waals surface area contributed by atoms with E-state index in [1.54, 1.807) is 11.0 Å². The van der Waals surface area contributed by atoms with E-state index in [-0.39, 0.29) is 12.5 Å². The molecule has 7 heteroatoms. The summed E-state index contributed by atoms with van der Waals surface area (Å²) in [7, 11) is 0. The number of benzene rings is 2. The lowest BCUT2D eigenvalue weighted by Gasteiger charge is -2.29. The van der Waals surface area contributed by atoms with E-state index in [1.165, 1.54) is 5.56 Å². The predicted molar refractivity (Wildman–Crippen MR) is 120 cm³/mol. The highest BCUT2D eigenvalue weighted by Crippen LogP contribution is 2.34. The lowest BCUT2D eigenvalue weighted by Crippen LogP contribution is -2.44. The molecule has 2 heterocycles. The van der Waals surface area contributed by atoms with E-state index in [9.17, 15) is 14.4 Å². The van der Waals surface area contributed by atoms with Gasteiger partial charge in [-0.2, -0.15) is 0 Å². The Morgan fingerprint density at radius 3 is 2.65 bits per heavy atom. The van der Waals surface area contributed by atoms with Crippen molar-refractivity contribution < 1.29 is 19.1 Å². The number of carbonyl (C=O) groups excluding carboxylic acids is 3. The van der Waals surface area contributed by atoms with E-state index in [0.29, 0.717) is 30.4 Å². The fraction of sp³-hybridized carbons (Fsp3) is 0.292. The molecule has 0 N–H and O–H groups in total. The summed E-state index contributed by atoms with van der Waals surface area (Å²) >= 11 is 0.859. The van der Waals surface area contributed by atoms with E-state index in [0.717, 1.165) is 40.6 Å². The van der Waals surface area contributed by atoms with Gasteiger partial charge in [0.15, 0.2) is 0 Å². The average molecular weight is 437 g/mol. The van der Waals surface area contributed by atoms with Crippen molar-refractivity contribution >= 4 is 34.9 Å². The number of amides is 3. The highest BCUT2D eigenvalue weighted by Gasteiger charge is 2.37. The van der Waals surface area contributed by atoms with Gasteiger partial charge in [0.2, 0.25) is 5.91 Å². The van der Waals surface area contributed by atoms with E-state index in [1.807, 2.05) is 49.4 Å². The molecule has 3 amide bonds. The van der Waals surface area contributed by atoms with Crippen LogP contribution < -0.4 is 4.74 Å². The van der Waals surface area contributed by atoms with Crippen molar-refractivity contribution in [3.8, 4) is 5.75 Å². The SMILES string of the molecule is CCCOc1ccccc1/C=C1/SC(=O)N(CC(=O)N2CCc3ccccc3C2)C1=O. The van der Waals surface area contributed by atoms with Gasteiger partial charge in [-0.25, -0.2) is 0 Å². The fourth-order valence-corrected chi connectivity index (χ4v) is 4.49. The molecule has 2 aromatic rings. The summed E-state index contributed by atoms with van der Waals surface area (Å²) in [5, 5.41) is -0.422. The largest absolute Gasteiger partial charge is 0.493 e. The third-order valence-corrected chi connectivity index (χ3v) is 6.23. The Kier molecular flexibility index (Phi) is 6.42. The smallest absolute Gasteiger partial charge is 0.294 e. The van der Waals surface area contributed by atoms with Gasteiger partial charge in [-0.05, 0) is 47.9 Å². The van der Waals surface area contributed by atoms with Gasteiger partial charge in [0.25, 0.3) is 11.1 Å². The molecule has 0 unspecified atom stereocenters. The molecule has 0 saturated carbocycles. The van der Waals surface area contributed by atoms with Gasteiger partial charge < -0.3 is 9.64 Å². The first kappa shape index (κ1) is 21.2. The number of fused-ring (bicyclic) bond motifs is 1. The van der Waals surface area contributed by atoms with Crippen LogP contribution in [0.5, 0.6) is 5.75 Å². The van der Waals surface area contributed by atoms with Gasteiger partial charge in [-0.3, -0.25) is 19.3 Å². The second-order valence-corrected chi connectivity index (χ2v) is 8.48. The van der Waals surface area contributed by atoms with Crippen molar-refractivity contribution in [3.63, 3.8) is 0 Å². The zero-order valence-electron chi connectivity index (χ0n) is 17.4. The second kappa shape index (κ2) is 9.39. The maximum atomic E-state index is 12.9. The molecule has 0 aliphatic carbocycles. The van der Waals surface area contributed by atoms with E-state index >= 15 is 0 Å². The topological polar surface area (TPSA) is 66.9 Å². The number of carbonyl (C=O) groups is 3. The van der Waals surface area contributed by atoms with Gasteiger partial charge in [0.05, 0.1) is 11.5 Å². The lowest BCUT2D eigenvalue weighted by atomic mass is 10.00.